The van der Waals surface area contributed by atoms with Crippen LogP contribution in [0.15, 0.2) is 0 Å². The number of ether oxygens (including phenoxy) is 2. The number of benzene rings is 1. The van der Waals surface area contributed by atoms with Gasteiger partial charge in [0, 0.05) is 0 Å². The normalized spacial score (nSPS) is 13.0. The van der Waals surface area contributed by atoms with E-state index in [0.29, 0.717) is 0 Å². The lowest BCUT2D eigenvalue weighted by Gasteiger charge is -2.24. The molecule has 1 aromatic rings. The lowest BCUT2D eigenvalue weighted by Crippen LogP contribution is -2.55. The smallest absolute Gasteiger partial charge is 0.408 e. The van der Waals surface area contributed by atoms with E-state index in [1.807, 2.05) is 0 Å². The number of halogens is 5. The first-order valence-corrected chi connectivity index (χ1v) is 12.1. The maximum Gasteiger partial charge on any atom is 0.408 e. The molecule has 0 aromatic heterocycles. The molecule has 0 bridgehead atoms. The van der Waals surface area contributed by atoms with Gasteiger partial charge in [-0.2, -0.15) is 0 Å². The van der Waals surface area contributed by atoms with E-state index in [1.54, 1.807) is 34.6 Å². The summed E-state index contributed by atoms with van der Waals surface area (Å²) in [5.41, 5.74) is -0.733. The van der Waals surface area contributed by atoms with Crippen molar-refractivity contribution in [2.75, 3.05) is 6.54 Å². The molecule has 2 atom stereocenters. The Morgan fingerprint density at radius 3 is 1.77 bits per heavy atom. The van der Waals surface area contributed by atoms with Gasteiger partial charge in [0.2, 0.25) is 11.8 Å². The van der Waals surface area contributed by atoms with Gasteiger partial charge in [-0.05, 0) is 33.6 Å². The number of nitrogens with one attached hydrogen (secondary N) is 3. The van der Waals surface area contributed by atoms with Crippen LogP contribution in [0.2, 0.25) is 25.1 Å². The van der Waals surface area contributed by atoms with E-state index in [2.05, 4.69) is 16.0 Å². The molecule has 0 aliphatic heterocycles. The van der Waals surface area contributed by atoms with Crippen LogP contribution in [-0.4, -0.2) is 48.1 Å². The van der Waals surface area contributed by atoms with Crippen molar-refractivity contribution in [3.05, 3.63) is 25.1 Å². The van der Waals surface area contributed by atoms with Crippen molar-refractivity contribution in [3.8, 4) is 5.75 Å². The van der Waals surface area contributed by atoms with Crippen molar-refractivity contribution in [2.45, 2.75) is 59.2 Å². The van der Waals surface area contributed by atoms with Crippen LogP contribution < -0.4 is 20.7 Å². The average Bonchev–Trinajstić information content (AvgIpc) is 2.74. The first-order valence-electron chi connectivity index (χ1n) is 10.3. The van der Waals surface area contributed by atoms with E-state index in [-0.39, 0.29) is 36.8 Å². The maximum absolute atomic E-state index is 12.7. The molecule has 35 heavy (non-hydrogen) atoms. The summed E-state index contributed by atoms with van der Waals surface area (Å²) >= 11 is 30.0. The molecule has 0 aliphatic rings. The van der Waals surface area contributed by atoms with Gasteiger partial charge in [0.05, 0.1) is 15.1 Å². The molecule has 0 aliphatic carbocycles. The minimum absolute atomic E-state index is 0.110. The minimum atomic E-state index is -1.18. The second-order valence-corrected chi connectivity index (χ2v) is 10.6. The average molecular weight is 594 g/mol. The Kier molecular flexibility index (Phi) is 11.7. The Morgan fingerprint density at radius 1 is 0.829 bits per heavy atom. The molecular weight excluding hydrogens is 568 g/mol. The maximum atomic E-state index is 12.7. The number of esters is 1. The van der Waals surface area contributed by atoms with Crippen LogP contribution in [0.25, 0.3) is 0 Å². The van der Waals surface area contributed by atoms with Crippen LogP contribution in [0.5, 0.6) is 5.75 Å². The monoisotopic (exact) mass is 591 g/mol. The summed E-state index contributed by atoms with van der Waals surface area (Å²) < 4.78 is 10.2. The van der Waals surface area contributed by atoms with Crippen LogP contribution in [0, 0.1) is 5.92 Å². The summed E-state index contributed by atoms with van der Waals surface area (Å²) in [6.45, 7) is 9.34. The fourth-order valence-electron chi connectivity index (χ4n) is 2.45. The van der Waals surface area contributed by atoms with Gasteiger partial charge in [-0.25, -0.2) is 9.59 Å². The standard InChI is InChI=1S/C21H26Cl5N3O6/c1-8(2)16(29-10(30)7-27-20(33)35-21(4,5)6)18(31)28-9(3)19(32)34-17-14(25)12(23)11(22)13(24)15(17)26/h8-9,16H,7H2,1-6H3,(H,27,33)(H,28,31)(H,29,30). The number of alkyl carbamates (subject to hydrolysis) is 1. The lowest BCUT2D eigenvalue weighted by atomic mass is 10.0. The van der Waals surface area contributed by atoms with Gasteiger partial charge in [-0.1, -0.05) is 71.9 Å². The highest BCUT2D eigenvalue weighted by Crippen LogP contribution is 2.48. The van der Waals surface area contributed by atoms with E-state index >= 15 is 0 Å². The third kappa shape index (κ3) is 9.38. The number of carbonyl (C=O) groups is 4. The molecule has 0 spiro atoms. The molecule has 0 saturated carbocycles. The van der Waals surface area contributed by atoms with Crippen molar-refractivity contribution in [1.82, 2.24) is 16.0 Å². The molecular formula is C21H26Cl5N3O6. The van der Waals surface area contributed by atoms with Crippen molar-refractivity contribution in [1.29, 1.82) is 0 Å². The molecule has 0 radical (unpaired) electrons. The summed E-state index contributed by atoms with van der Waals surface area (Å²) in [5, 5.41) is 6.34. The molecule has 14 heteroatoms. The molecule has 0 fully saturated rings. The topological polar surface area (TPSA) is 123 Å². The lowest BCUT2D eigenvalue weighted by molar-refractivity contribution is -0.139. The van der Waals surface area contributed by atoms with Gasteiger partial charge in [-0.15, -0.1) is 0 Å². The zero-order chi connectivity index (χ0) is 27.2. The fraction of sp³-hybridized carbons (Fsp3) is 0.524. The highest BCUT2D eigenvalue weighted by molar-refractivity contribution is 6.55. The molecule has 0 heterocycles. The second kappa shape index (κ2) is 13.1. The Bertz CT molecular complexity index is 968. The van der Waals surface area contributed by atoms with E-state index in [9.17, 15) is 19.2 Å². The number of carbonyl (C=O) groups excluding carboxylic acids is 4. The number of amides is 3. The molecule has 9 nitrogen and oxygen atoms in total. The predicted octanol–water partition coefficient (Wildman–Crippen LogP) is 5.03. The van der Waals surface area contributed by atoms with Gasteiger partial charge in [-0.3, -0.25) is 9.59 Å². The highest BCUT2D eigenvalue weighted by atomic mass is 35.5. The number of rotatable bonds is 8. The van der Waals surface area contributed by atoms with Crippen LogP contribution >= 0.6 is 58.0 Å². The van der Waals surface area contributed by atoms with Crippen LogP contribution in [0.1, 0.15) is 41.5 Å². The predicted molar refractivity (Wildman–Crippen MR) is 136 cm³/mol. The third-order valence-corrected chi connectivity index (χ3v) is 6.38. The van der Waals surface area contributed by atoms with E-state index in [0.717, 1.165) is 0 Å². The molecule has 1 rings (SSSR count). The van der Waals surface area contributed by atoms with E-state index in [4.69, 9.17) is 67.5 Å². The van der Waals surface area contributed by atoms with Crippen molar-refractivity contribution in [3.63, 3.8) is 0 Å². The molecule has 3 N–H and O–H groups in total. The van der Waals surface area contributed by atoms with Crippen molar-refractivity contribution < 1.29 is 28.7 Å². The summed E-state index contributed by atoms with van der Waals surface area (Å²) in [5.74, 6) is -2.91. The minimum Gasteiger partial charge on any atom is -0.444 e. The van der Waals surface area contributed by atoms with Gasteiger partial charge in [0.15, 0.2) is 5.75 Å². The van der Waals surface area contributed by atoms with E-state index in [1.165, 1.54) is 6.92 Å². The van der Waals surface area contributed by atoms with Crippen LogP contribution in [0.4, 0.5) is 4.79 Å². The molecule has 1 aromatic carbocycles. The van der Waals surface area contributed by atoms with Crippen molar-refractivity contribution >= 4 is 81.9 Å². The molecule has 2 unspecified atom stereocenters. The summed E-state index contributed by atoms with van der Waals surface area (Å²) in [6.07, 6.45) is -0.783. The SMILES string of the molecule is CC(NC(=O)C(NC(=O)CNC(=O)OC(C)(C)C)C(C)C)C(=O)Oc1c(Cl)c(Cl)c(Cl)c(Cl)c1Cl. The summed E-state index contributed by atoms with van der Waals surface area (Å²) in [6, 6.07) is -2.20. The Morgan fingerprint density at radius 2 is 1.31 bits per heavy atom. The van der Waals surface area contributed by atoms with Crippen molar-refractivity contribution in [2.24, 2.45) is 5.92 Å². The van der Waals surface area contributed by atoms with Gasteiger partial charge >= 0.3 is 12.1 Å². The number of hydrogen-bond donors (Lipinski definition) is 3. The molecule has 3 amide bonds. The Labute approximate surface area is 228 Å². The van der Waals surface area contributed by atoms with Gasteiger partial charge < -0.3 is 25.4 Å². The largest absolute Gasteiger partial charge is 0.444 e. The van der Waals surface area contributed by atoms with Crippen LogP contribution in [0.3, 0.4) is 0 Å². The quantitative estimate of drug-likeness (QED) is 0.168. The second-order valence-electron chi connectivity index (χ2n) is 8.70. The van der Waals surface area contributed by atoms with Gasteiger partial charge in [0.1, 0.15) is 34.3 Å². The first kappa shape index (κ1) is 31.4. The Balaban J connectivity index is 2.81. The van der Waals surface area contributed by atoms with Crippen LogP contribution in [-0.2, 0) is 19.1 Å². The van der Waals surface area contributed by atoms with Gasteiger partial charge in [0.25, 0.3) is 0 Å². The zero-order valence-electron chi connectivity index (χ0n) is 19.8. The van der Waals surface area contributed by atoms with E-state index < -0.39 is 48.1 Å². The summed E-state index contributed by atoms with van der Waals surface area (Å²) in [7, 11) is 0. The Hall–Kier alpha value is -1.65. The highest BCUT2D eigenvalue weighted by Gasteiger charge is 2.29. The number of hydrogen-bond acceptors (Lipinski definition) is 6. The molecule has 0 saturated heterocycles. The first-order chi connectivity index (χ1) is 16.0. The zero-order valence-corrected chi connectivity index (χ0v) is 23.6. The third-order valence-electron chi connectivity index (χ3n) is 4.14. The summed E-state index contributed by atoms with van der Waals surface area (Å²) in [4.78, 5) is 49.2. The fourth-order valence-corrected chi connectivity index (χ4v) is 3.65. The molecule has 196 valence electrons.